The van der Waals surface area contributed by atoms with E-state index in [1.165, 1.54) is 0 Å². The second-order valence-corrected chi connectivity index (χ2v) is 6.97. The van der Waals surface area contributed by atoms with E-state index in [9.17, 15) is 10.2 Å². The lowest BCUT2D eigenvalue weighted by Crippen LogP contribution is -2.28. The number of nitrogens with one attached hydrogen (secondary N) is 1. The van der Waals surface area contributed by atoms with Gasteiger partial charge in [0.2, 0.25) is 0 Å². The van der Waals surface area contributed by atoms with Crippen LogP contribution in [0.25, 0.3) is 0 Å². The average molecular weight is 317 g/mol. The molecule has 0 amide bonds. The first-order valence-corrected chi connectivity index (χ1v) is 8.03. The topological polar surface area (TPSA) is 72.4 Å². The Bertz CT molecular complexity index is 631. The average Bonchev–Trinajstić information content (AvgIpc) is 2.95. The molecule has 3 N–H and O–H groups in total. The molecule has 0 fully saturated rings. The van der Waals surface area contributed by atoms with Crippen molar-refractivity contribution in [3.63, 3.8) is 0 Å². The summed E-state index contributed by atoms with van der Waals surface area (Å²) in [5.74, 6) is 0.174. The Morgan fingerprint density at radius 3 is 2.57 bits per heavy atom. The van der Waals surface area contributed by atoms with Crippen LogP contribution >= 0.6 is 0 Å². The van der Waals surface area contributed by atoms with Gasteiger partial charge in [0, 0.05) is 24.2 Å². The zero-order chi connectivity index (χ0) is 17.0. The summed E-state index contributed by atoms with van der Waals surface area (Å²) in [6, 6.07) is 8.86. The second kappa shape index (κ2) is 7.15. The number of hydrogen-bond donors (Lipinski definition) is 3. The monoisotopic (exact) mass is 317 g/mol. The maximum atomic E-state index is 10.4. The lowest BCUT2D eigenvalue weighted by molar-refractivity contribution is 0.111. The van der Waals surface area contributed by atoms with Gasteiger partial charge >= 0.3 is 0 Å². The Morgan fingerprint density at radius 2 is 2.00 bits per heavy atom. The van der Waals surface area contributed by atoms with Gasteiger partial charge in [0.1, 0.15) is 5.75 Å². The van der Waals surface area contributed by atoms with Crippen molar-refractivity contribution in [1.29, 1.82) is 0 Å². The minimum Gasteiger partial charge on any atom is -0.508 e. The van der Waals surface area contributed by atoms with E-state index in [1.54, 1.807) is 18.2 Å². The van der Waals surface area contributed by atoms with Gasteiger partial charge in [0.15, 0.2) is 0 Å². The summed E-state index contributed by atoms with van der Waals surface area (Å²) < 4.78 is 0. The van der Waals surface area contributed by atoms with E-state index < -0.39 is 6.10 Å². The predicted molar refractivity (Wildman–Crippen MR) is 91.3 cm³/mol. The van der Waals surface area contributed by atoms with E-state index in [0.717, 1.165) is 23.5 Å². The molecule has 2 rings (SSSR count). The van der Waals surface area contributed by atoms with Crippen molar-refractivity contribution in [2.75, 3.05) is 13.1 Å². The van der Waals surface area contributed by atoms with Crippen molar-refractivity contribution in [1.82, 2.24) is 15.1 Å². The summed E-state index contributed by atoms with van der Waals surface area (Å²) >= 11 is 0. The first kappa shape index (κ1) is 17.5. The number of aliphatic hydroxyl groups excluding tert-OH is 1. The number of aromatic amines is 1. The number of likely N-dealkylation sites (N-methyl/N-ethyl adjacent to an activating group) is 1. The smallest absolute Gasteiger partial charge is 0.115 e. The van der Waals surface area contributed by atoms with E-state index in [2.05, 4.69) is 48.9 Å². The molecule has 1 atom stereocenters. The van der Waals surface area contributed by atoms with Gasteiger partial charge in [-0.1, -0.05) is 39.8 Å². The summed E-state index contributed by atoms with van der Waals surface area (Å²) in [4.78, 5) is 2.15. The number of nitrogens with zero attached hydrogens (tertiary/aromatic N) is 2. The van der Waals surface area contributed by atoms with E-state index in [-0.39, 0.29) is 11.2 Å². The van der Waals surface area contributed by atoms with E-state index in [0.29, 0.717) is 13.1 Å². The SMILES string of the molecule is CCN(Cc1cc(C(C)(C)C)n[nH]1)CC(O)c1cccc(O)c1. The Labute approximate surface area is 138 Å². The number of phenols is 1. The Kier molecular flexibility index (Phi) is 5.44. The van der Waals surface area contributed by atoms with Crippen LogP contribution in [-0.4, -0.2) is 38.4 Å². The molecular formula is C18H27N3O2. The Morgan fingerprint density at radius 1 is 1.26 bits per heavy atom. The Balaban J connectivity index is 2.01. The fraction of sp³-hybridized carbons (Fsp3) is 0.500. The number of aromatic nitrogens is 2. The highest BCUT2D eigenvalue weighted by molar-refractivity contribution is 5.28. The zero-order valence-corrected chi connectivity index (χ0v) is 14.4. The van der Waals surface area contributed by atoms with Gasteiger partial charge in [0.25, 0.3) is 0 Å². The summed E-state index contributed by atoms with van der Waals surface area (Å²) in [7, 11) is 0. The maximum Gasteiger partial charge on any atom is 0.115 e. The van der Waals surface area contributed by atoms with Crippen LogP contribution in [0, 0.1) is 0 Å². The van der Waals surface area contributed by atoms with Crippen LogP contribution in [0.15, 0.2) is 30.3 Å². The van der Waals surface area contributed by atoms with Gasteiger partial charge < -0.3 is 10.2 Å². The number of aliphatic hydroxyl groups is 1. The fourth-order valence-electron chi connectivity index (χ4n) is 2.46. The van der Waals surface area contributed by atoms with Crippen LogP contribution in [-0.2, 0) is 12.0 Å². The Hall–Kier alpha value is -1.85. The molecular weight excluding hydrogens is 290 g/mol. The molecule has 1 aromatic heterocycles. The number of benzene rings is 1. The minimum atomic E-state index is -0.632. The predicted octanol–water partition coefficient (Wildman–Crippen LogP) is 2.97. The van der Waals surface area contributed by atoms with Gasteiger partial charge in [-0.05, 0) is 30.3 Å². The summed E-state index contributed by atoms with van der Waals surface area (Å²) in [6.45, 7) is 10.5. The molecule has 23 heavy (non-hydrogen) atoms. The van der Waals surface area contributed by atoms with Crippen LogP contribution in [0.3, 0.4) is 0 Å². The van der Waals surface area contributed by atoms with Crippen molar-refractivity contribution in [3.05, 3.63) is 47.3 Å². The maximum absolute atomic E-state index is 10.4. The third-order valence-electron chi connectivity index (χ3n) is 3.93. The molecule has 1 unspecified atom stereocenters. The third kappa shape index (κ3) is 4.81. The number of rotatable bonds is 6. The molecule has 0 saturated heterocycles. The van der Waals surface area contributed by atoms with Gasteiger partial charge in [-0.15, -0.1) is 0 Å². The first-order chi connectivity index (χ1) is 10.8. The normalized spacial score (nSPS) is 13.5. The van der Waals surface area contributed by atoms with E-state index >= 15 is 0 Å². The van der Waals surface area contributed by atoms with Crippen LogP contribution in [0.1, 0.15) is 50.8 Å². The number of aromatic hydroxyl groups is 1. The van der Waals surface area contributed by atoms with Gasteiger partial charge in [-0.2, -0.15) is 5.10 Å². The van der Waals surface area contributed by atoms with Gasteiger partial charge in [-0.25, -0.2) is 0 Å². The van der Waals surface area contributed by atoms with Crippen LogP contribution < -0.4 is 0 Å². The van der Waals surface area contributed by atoms with E-state index in [4.69, 9.17) is 0 Å². The van der Waals surface area contributed by atoms with Crippen LogP contribution in [0.5, 0.6) is 5.75 Å². The molecule has 126 valence electrons. The second-order valence-electron chi connectivity index (χ2n) is 6.97. The largest absolute Gasteiger partial charge is 0.508 e. The minimum absolute atomic E-state index is 0.0207. The van der Waals surface area contributed by atoms with Crippen LogP contribution in [0.4, 0.5) is 0 Å². The lowest BCUT2D eigenvalue weighted by Gasteiger charge is -2.23. The van der Waals surface area contributed by atoms with Crippen molar-refractivity contribution in [2.24, 2.45) is 0 Å². The molecule has 1 heterocycles. The summed E-state index contributed by atoms with van der Waals surface area (Å²) in [5, 5.41) is 27.4. The molecule has 0 bridgehead atoms. The van der Waals surface area contributed by atoms with Gasteiger partial charge in [-0.3, -0.25) is 10.00 Å². The number of phenolic OH excluding ortho intramolecular Hbond substituents is 1. The quantitative estimate of drug-likeness (QED) is 0.766. The van der Waals surface area contributed by atoms with Crippen molar-refractivity contribution < 1.29 is 10.2 Å². The fourth-order valence-corrected chi connectivity index (χ4v) is 2.46. The number of hydrogen-bond acceptors (Lipinski definition) is 4. The molecule has 0 aliphatic carbocycles. The summed E-state index contributed by atoms with van der Waals surface area (Å²) in [5.41, 5.74) is 2.83. The molecule has 0 aliphatic heterocycles. The molecule has 2 aromatic rings. The number of H-pyrrole nitrogens is 1. The van der Waals surface area contributed by atoms with Crippen LogP contribution in [0.2, 0.25) is 0 Å². The molecule has 0 spiro atoms. The molecule has 1 aromatic carbocycles. The van der Waals surface area contributed by atoms with E-state index in [1.807, 2.05) is 6.07 Å². The molecule has 5 nitrogen and oxygen atoms in total. The molecule has 0 saturated carbocycles. The van der Waals surface area contributed by atoms with Gasteiger partial charge in [0.05, 0.1) is 11.8 Å². The van der Waals surface area contributed by atoms with Crippen molar-refractivity contribution in [2.45, 2.75) is 45.8 Å². The highest BCUT2D eigenvalue weighted by Crippen LogP contribution is 2.22. The zero-order valence-electron chi connectivity index (χ0n) is 14.4. The molecule has 5 heteroatoms. The first-order valence-electron chi connectivity index (χ1n) is 8.03. The lowest BCUT2D eigenvalue weighted by atomic mass is 9.92. The van der Waals surface area contributed by atoms with Crippen molar-refractivity contribution >= 4 is 0 Å². The van der Waals surface area contributed by atoms with Crippen molar-refractivity contribution in [3.8, 4) is 5.75 Å². The molecule has 0 radical (unpaired) electrons. The summed E-state index contributed by atoms with van der Waals surface area (Å²) in [6.07, 6.45) is -0.632. The standard InChI is InChI=1S/C18H27N3O2/c1-5-21(11-14-10-17(20-19-14)18(2,3)4)12-16(23)13-7-6-8-15(22)9-13/h6-10,16,22-23H,5,11-12H2,1-4H3,(H,19,20). The third-order valence-corrected chi connectivity index (χ3v) is 3.93. The highest BCUT2D eigenvalue weighted by atomic mass is 16.3. The highest BCUT2D eigenvalue weighted by Gasteiger charge is 2.19. The molecule has 0 aliphatic rings.